The molecule has 0 bridgehead atoms. The van der Waals surface area contributed by atoms with Crippen molar-refractivity contribution in [2.45, 2.75) is 54.7 Å². The second-order valence-corrected chi connectivity index (χ2v) is 7.68. The molecule has 2 aliphatic rings. The van der Waals surface area contributed by atoms with E-state index in [1.54, 1.807) is 9.77 Å². The smallest absolute Gasteiger partial charge is 0.0649 e. The van der Waals surface area contributed by atoms with Crippen LogP contribution in [0.4, 0.5) is 0 Å². The summed E-state index contributed by atoms with van der Waals surface area (Å²) >= 11 is 3.96. The number of nitrogens with one attached hydrogen (secondary N) is 1. The molecule has 4 atom stereocenters. The summed E-state index contributed by atoms with van der Waals surface area (Å²) in [5, 5.41) is 6.87. The molecule has 2 heterocycles. The monoisotopic (exact) mass is 253 g/mol. The number of hydrogen-bond donors (Lipinski definition) is 1. The van der Waals surface area contributed by atoms with Crippen LogP contribution in [0.2, 0.25) is 0 Å². The maximum atomic E-state index is 3.86. The van der Waals surface area contributed by atoms with Gasteiger partial charge in [-0.3, -0.25) is 0 Å². The number of hydrogen-bond acceptors (Lipinski definition) is 3. The Labute approximate surface area is 106 Å². The van der Waals surface area contributed by atoms with Crippen LogP contribution in [0.25, 0.3) is 0 Å². The van der Waals surface area contributed by atoms with Crippen LogP contribution >= 0.6 is 23.1 Å². The number of rotatable bonds is 3. The van der Waals surface area contributed by atoms with Gasteiger partial charge in [-0.15, -0.1) is 23.1 Å². The van der Waals surface area contributed by atoms with Crippen LogP contribution in [-0.2, 0) is 0 Å². The molecule has 1 nitrogen and oxygen atoms in total. The Hall–Kier alpha value is 0.0100. The van der Waals surface area contributed by atoms with Crippen molar-refractivity contribution in [3.05, 3.63) is 17.0 Å². The van der Waals surface area contributed by atoms with E-state index in [1.165, 1.54) is 19.3 Å². The molecule has 1 saturated carbocycles. The first kappa shape index (κ1) is 11.1. The van der Waals surface area contributed by atoms with E-state index >= 15 is 0 Å². The fraction of sp³-hybridized carbons (Fsp3) is 0.692. The lowest BCUT2D eigenvalue weighted by molar-refractivity contribution is 0.469. The van der Waals surface area contributed by atoms with E-state index in [9.17, 15) is 0 Å². The largest absolute Gasteiger partial charge is 0.307 e. The zero-order chi connectivity index (χ0) is 11.1. The van der Waals surface area contributed by atoms with Crippen molar-refractivity contribution in [2.24, 2.45) is 5.92 Å². The minimum absolute atomic E-state index is 0.624. The van der Waals surface area contributed by atoms with Crippen molar-refractivity contribution in [3.8, 4) is 0 Å². The van der Waals surface area contributed by atoms with E-state index in [-0.39, 0.29) is 0 Å². The SMILES string of the molecule is CCC1CC1NC1C[C@H](C)Sc2sccc21. The summed E-state index contributed by atoms with van der Waals surface area (Å²) < 4.78 is 1.55. The van der Waals surface area contributed by atoms with Gasteiger partial charge in [-0.25, -0.2) is 0 Å². The van der Waals surface area contributed by atoms with Crippen LogP contribution in [0.5, 0.6) is 0 Å². The Bertz CT molecular complexity index is 374. The van der Waals surface area contributed by atoms with E-state index in [2.05, 4.69) is 42.4 Å². The van der Waals surface area contributed by atoms with Gasteiger partial charge in [0.15, 0.2) is 0 Å². The highest BCUT2D eigenvalue weighted by molar-refractivity contribution is 8.01. The lowest BCUT2D eigenvalue weighted by Crippen LogP contribution is -2.28. The van der Waals surface area contributed by atoms with Crippen molar-refractivity contribution in [1.29, 1.82) is 0 Å². The summed E-state index contributed by atoms with van der Waals surface area (Å²) in [7, 11) is 0. The van der Waals surface area contributed by atoms with Crippen LogP contribution in [0.1, 0.15) is 44.7 Å². The molecule has 3 rings (SSSR count). The Morgan fingerprint density at radius 3 is 3.06 bits per heavy atom. The summed E-state index contributed by atoms with van der Waals surface area (Å²) in [6.07, 6.45) is 4.03. The van der Waals surface area contributed by atoms with Gasteiger partial charge in [0.1, 0.15) is 0 Å². The van der Waals surface area contributed by atoms with Crippen molar-refractivity contribution in [1.82, 2.24) is 5.32 Å². The van der Waals surface area contributed by atoms with E-state index in [4.69, 9.17) is 0 Å². The molecule has 0 aromatic carbocycles. The molecule has 3 heteroatoms. The van der Waals surface area contributed by atoms with Crippen molar-refractivity contribution < 1.29 is 0 Å². The summed E-state index contributed by atoms with van der Waals surface area (Å²) in [4.78, 5) is 0. The van der Waals surface area contributed by atoms with Gasteiger partial charge in [-0.05, 0) is 35.8 Å². The summed E-state index contributed by atoms with van der Waals surface area (Å²) in [6.45, 7) is 4.66. The molecule has 3 unspecified atom stereocenters. The Balaban J connectivity index is 1.72. The van der Waals surface area contributed by atoms with E-state index in [1.807, 2.05) is 11.3 Å². The number of thiophene rings is 1. The van der Waals surface area contributed by atoms with Gasteiger partial charge >= 0.3 is 0 Å². The standard InChI is InChI=1S/C13H19NS2/c1-3-9-7-11(9)14-12-6-8(2)16-13-10(12)4-5-15-13/h4-5,8-9,11-12,14H,3,6-7H2,1-2H3/t8-,9?,11?,12?/m0/s1. The lowest BCUT2D eigenvalue weighted by atomic mass is 10.0. The third-order valence-electron chi connectivity index (χ3n) is 3.77. The van der Waals surface area contributed by atoms with Gasteiger partial charge < -0.3 is 5.32 Å². The normalized spacial score (nSPS) is 37.1. The van der Waals surface area contributed by atoms with Crippen LogP contribution in [0, 0.1) is 5.92 Å². The van der Waals surface area contributed by atoms with E-state index in [0.717, 1.165) is 17.2 Å². The first-order chi connectivity index (χ1) is 7.78. The molecule has 1 aliphatic heterocycles. The Morgan fingerprint density at radius 1 is 1.44 bits per heavy atom. The third-order valence-corrected chi connectivity index (χ3v) is 6.12. The molecule has 1 aliphatic carbocycles. The second-order valence-electron chi connectivity index (χ2n) is 5.06. The molecule has 0 amide bonds. The molecule has 1 N–H and O–H groups in total. The second kappa shape index (κ2) is 4.35. The van der Waals surface area contributed by atoms with Crippen molar-refractivity contribution in [2.75, 3.05) is 0 Å². The molecule has 1 aromatic rings. The molecule has 1 fully saturated rings. The topological polar surface area (TPSA) is 12.0 Å². The highest BCUT2D eigenvalue weighted by atomic mass is 32.2. The van der Waals surface area contributed by atoms with Gasteiger partial charge in [0.25, 0.3) is 0 Å². The Morgan fingerprint density at radius 2 is 2.31 bits per heavy atom. The number of fused-ring (bicyclic) bond motifs is 1. The predicted octanol–water partition coefficient (Wildman–Crippen LogP) is 4.06. The predicted molar refractivity (Wildman–Crippen MR) is 72.3 cm³/mol. The fourth-order valence-corrected chi connectivity index (χ4v) is 5.24. The first-order valence-corrected chi connectivity index (χ1v) is 8.04. The van der Waals surface area contributed by atoms with Crippen LogP contribution < -0.4 is 5.32 Å². The average Bonchev–Trinajstić information content (AvgIpc) is 2.83. The van der Waals surface area contributed by atoms with Gasteiger partial charge in [0, 0.05) is 17.3 Å². The van der Waals surface area contributed by atoms with Crippen LogP contribution in [0.15, 0.2) is 15.7 Å². The molecule has 0 spiro atoms. The van der Waals surface area contributed by atoms with E-state index < -0.39 is 0 Å². The minimum Gasteiger partial charge on any atom is -0.307 e. The van der Waals surface area contributed by atoms with Gasteiger partial charge in [0.05, 0.1) is 4.21 Å². The zero-order valence-corrected chi connectivity index (χ0v) is 11.5. The quantitative estimate of drug-likeness (QED) is 0.872. The highest BCUT2D eigenvalue weighted by Crippen LogP contribution is 2.45. The molecule has 1 aromatic heterocycles. The van der Waals surface area contributed by atoms with Crippen molar-refractivity contribution in [3.63, 3.8) is 0 Å². The van der Waals surface area contributed by atoms with Gasteiger partial charge in [-0.2, -0.15) is 0 Å². The molecular formula is C13H19NS2. The molecular weight excluding hydrogens is 234 g/mol. The number of thioether (sulfide) groups is 1. The molecule has 88 valence electrons. The van der Waals surface area contributed by atoms with Crippen LogP contribution in [0.3, 0.4) is 0 Å². The van der Waals surface area contributed by atoms with Crippen LogP contribution in [-0.4, -0.2) is 11.3 Å². The highest BCUT2D eigenvalue weighted by Gasteiger charge is 2.38. The Kier molecular flexibility index (Phi) is 3.03. The maximum Gasteiger partial charge on any atom is 0.0649 e. The lowest BCUT2D eigenvalue weighted by Gasteiger charge is -2.27. The van der Waals surface area contributed by atoms with Gasteiger partial charge in [-0.1, -0.05) is 20.3 Å². The molecule has 0 saturated heterocycles. The summed E-state index contributed by atoms with van der Waals surface area (Å²) in [5.74, 6) is 0.951. The summed E-state index contributed by atoms with van der Waals surface area (Å²) in [5.41, 5.74) is 1.56. The maximum absolute atomic E-state index is 3.86. The average molecular weight is 253 g/mol. The zero-order valence-electron chi connectivity index (χ0n) is 9.90. The van der Waals surface area contributed by atoms with E-state index in [0.29, 0.717) is 6.04 Å². The first-order valence-electron chi connectivity index (χ1n) is 6.28. The molecule has 16 heavy (non-hydrogen) atoms. The minimum atomic E-state index is 0.624. The molecule has 0 radical (unpaired) electrons. The van der Waals surface area contributed by atoms with Gasteiger partial charge in [0.2, 0.25) is 0 Å². The third kappa shape index (κ3) is 2.05. The summed E-state index contributed by atoms with van der Waals surface area (Å²) in [6, 6.07) is 3.75. The van der Waals surface area contributed by atoms with Crippen molar-refractivity contribution >= 4 is 23.1 Å². The fourth-order valence-electron chi connectivity index (χ4n) is 2.67.